The monoisotopic (exact) mass is 279 g/mol. The maximum Gasteiger partial charge on any atom is 0.199 e. The molecule has 0 spiro atoms. The van der Waals surface area contributed by atoms with Gasteiger partial charge >= 0.3 is 0 Å². The summed E-state index contributed by atoms with van der Waals surface area (Å²) in [5.41, 5.74) is 6.72. The number of nitrogens with zero attached hydrogens (tertiary/aromatic N) is 2. The van der Waals surface area contributed by atoms with Crippen molar-refractivity contribution in [3.63, 3.8) is 0 Å². The zero-order valence-corrected chi connectivity index (χ0v) is 11.9. The number of nitrogens with two attached hydrogens (primary N) is 1. The molecule has 0 aliphatic rings. The van der Waals surface area contributed by atoms with Gasteiger partial charge in [0.2, 0.25) is 0 Å². The Balaban J connectivity index is 2.04. The summed E-state index contributed by atoms with van der Waals surface area (Å²) >= 11 is 1.23. The first-order valence-electron chi connectivity index (χ1n) is 6.10. The number of nitrogen functional groups attached to an aromatic ring is 1. The molecule has 0 saturated carbocycles. The van der Waals surface area contributed by atoms with Crippen LogP contribution in [0, 0.1) is 0 Å². The van der Waals surface area contributed by atoms with Crippen LogP contribution in [0.3, 0.4) is 0 Å². The van der Waals surface area contributed by atoms with Crippen molar-refractivity contribution in [2.45, 2.75) is 19.8 Å². The molecule has 2 rings (SSSR count). The van der Waals surface area contributed by atoms with E-state index in [-0.39, 0.29) is 0 Å². The van der Waals surface area contributed by atoms with Gasteiger partial charge in [-0.2, -0.15) is 4.37 Å². The first kappa shape index (κ1) is 13.6. The number of methoxy groups -OCH3 is 1. The molecule has 0 fully saturated rings. The number of anilines is 1. The van der Waals surface area contributed by atoms with Crippen molar-refractivity contribution in [2.24, 2.45) is 0 Å². The van der Waals surface area contributed by atoms with Gasteiger partial charge in [0.25, 0.3) is 0 Å². The van der Waals surface area contributed by atoms with Gasteiger partial charge in [-0.15, -0.1) is 0 Å². The van der Waals surface area contributed by atoms with Gasteiger partial charge in [-0.1, -0.05) is 6.07 Å². The zero-order chi connectivity index (χ0) is 13.7. The van der Waals surface area contributed by atoms with Gasteiger partial charge in [-0.25, -0.2) is 4.98 Å². The number of aryl methyl sites for hydroxylation is 2. The van der Waals surface area contributed by atoms with Gasteiger partial charge < -0.3 is 15.2 Å². The molecular weight excluding hydrogens is 262 g/mol. The highest BCUT2D eigenvalue weighted by Gasteiger charge is 2.07. The normalized spacial score (nSPS) is 10.4. The Morgan fingerprint density at radius 1 is 1.26 bits per heavy atom. The number of hydrogen-bond donors (Lipinski definition) is 1. The Morgan fingerprint density at radius 3 is 2.74 bits per heavy atom. The lowest BCUT2D eigenvalue weighted by atomic mass is 10.1. The molecule has 102 valence electrons. The molecule has 2 N–H and O–H groups in total. The van der Waals surface area contributed by atoms with E-state index < -0.39 is 0 Å². The summed E-state index contributed by atoms with van der Waals surface area (Å²) in [5.74, 6) is 2.31. The van der Waals surface area contributed by atoms with Crippen molar-refractivity contribution in [1.82, 2.24) is 9.36 Å². The van der Waals surface area contributed by atoms with Crippen LogP contribution in [0.1, 0.15) is 18.3 Å². The maximum absolute atomic E-state index is 5.55. The number of benzene rings is 1. The Bertz CT molecular complexity index is 542. The first-order valence-corrected chi connectivity index (χ1v) is 6.88. The molecule has 0 bridgehead atoms. The molecule has 0 atom stereocenters. The molecule has 2 aromatic rings. The SMILES string of the molecule is CCOc1ccc(CCc2nsc(N)n2)cc1OC. The average molecular weight is 279 g/mol. The van der Waals surface area contributed by atoms with E-state index in [1.54, 1.807) is 7.11 Å². The van der Waals surface area contributed by atoms with Crippen molar-refractivity contribution < 1.29 is 9.47 Å². The maximum atomic E-state index is 5.55. The van der Waals surface area contributed by atoms with E-state index in [9.17, 15) is 0 Å². The fourth-order valence-electron chi connectivity index (χ4n) is 1.77. The highest BCUT2D eigenvalue weighted by Crippen LogP contribution is 2.28. The van der Waals surface area contributed by atoms with E-state index >= 15 is 0 Å². The summed E-state index contributed by atoms with van der Waals surface area (Å²) in [6.07, 6.45) is 1.61. The zero-order valence-electron chi connectivity index (χ0n) is 11.0. The van der Waals surface area contributed by atoms with Crippen LogP contribution in [0.25, 0.3) is 0 Å². The summed E-state index contributed by atoms with van der Waals surface area (Å²) < 4.78 is 15.0. The standard InChI is InChI=1S/C13H17N3O2S/c1-3-18-10-6-4-9(8-11(10)17-2)5-7-12-15-13(14)19-16-12/h4,6,8H,3,5,7H2,1-2H3,(H2,14,15,16). The van der Waals surface area contributed by atoms with Crippen molar-refractivity contribution in [1.29, 1.82) is 0 Å². The van der Waals surface area contributed by atoms with E-state index in [1.807, 2.05) is 25.1 Å². The van der Waals surface area contributed by atoms with Crippen LogP contribution in [0.4, 0.5) is 5.13 Å². The summed E-state index contributed by atoms with van der Waals surface area (Å²) in [6.45, 7) is 2.57. The molecule has 0 aliphatic carbocycles. The van der Waals surface area contributed by atoms with E-state index in [0.29, 0.717) is 11.7 Å². The van der Waals surface area contributed by atoms with E-state index in [2.05, 4.69) is 9.36 Å². The van der Waals surface area contributed by atoms with Crippen molar-refractivity contribution in [3.8, 4) is 11.5 Å². The number of rotatable bonds is 6. The number of hydrogen-bond acceptors (Lipinski definition) is 6. The smallest absolute Gasteiger partial charge is 0.199 e. The molecule has 0 unspecified atom stereocenters. The molecule has 5 nitrogen and oxygen atoms in total. The van der Waals surface area contributed by atoms with Crippen LogP contribution in [0.2, 0.25) is 0 Å². The quantitative estimate of drug-likeness (QED) is 0.878. The molecular formula is C13H17N3O2S. The molecule has 0 saturated heterocycles. The van der Waals surface area contributed by atoms with Gasteiger partial charge in [0.1, 0.15) is 5.82 Å². The van der Waals surface area contributed by atoms with Crippen LogP contribution in [0.5, 0.6) is 11.5 Å². The number of ether oxygens (including phenoxy) is 2. The molecule has 1 aromatic carbocycles. The van der Waals surface area contributed by atoms with E-state index in [0.717, 1.165) is 35.7 Å². The van der Waals surface area contributed by atoms with Gasteiger partial charge in [0.05, 0.1) is 13.7 Å². The van der Waals surface area contributed by atoms with Gasteiger partial charge in [0.15, 0.2) is 16.6 Å². The van der Waals surface area contributed by atoms with Gasteiger partial charge in [-0.3, -0.25) is 0 Å². The van der Waals surface area contributed by atoms with Crippen molar-refractivity contribution >= 4 is 16.7 Å². The van der Waals surface area contributed by atoms with Crippen LogP contribution in [0.15, 0.2) is 18.2 Å². The lowest BCUT2D eigenvalue weighted by molar-refractivity contribution is 0.310. The molecule has 19 heavy (non-hydrogen) atoms. The minimum absolute atomic E-state index is 0.513. The predicted molar refractivity (Wildman–Crippen MR) is 75.9 cm³/mol. The highest BCUT2D eigenvalue weighted by molar-refractivity contribution is 7.09. The second-order valence-corrected chi connectivity index (χ2v) is 4.75. The fraction of sp³-hybridized carbons (Fsp3) is 0.385. The third kappa shape index (κ3) is 3.57. The molecule has 1 aromatic heterocycles. The molecule has 0 aliphatic heterocycles. The lowest BCUT2D eigenvalue weighted by Crippen LogP contribution is -1.98. The Hall–Kier alpha value is -1.82. The summed E-state index contributed by atoms with van der Waals surface area (Å²) in [6, 6.07) is 5.95. The molecule has 0 radical (unpaired) electrons. The molecule has 6 heteroatoms. The largest absolute Gasteiger partial charge is 0.493 e. The third-order valence-corrected chi connectivity index (χ3v) is 3.23. The lowest BCUT2D eigenvalue weighted by Gasteiger charge is -2.10. The van der Waals surface area contributed by atoms with E-state index in [1.165, 1.54) is 11.5 Å². The second-order valence-electron chi connectivity index (χ2n) is 3.97. The average Bonchev–Trinajstić information content (AvgIpc) is 2.83. The summed E-state index contributed by atoms with van der Waals surface area (Å²) in [4.78, 5) is 4.14. The van der Waals surface area contributed by atoms with E-state index in [4.69, 9.17) is 15.2 Å². The van der Waals surface area contributed by atoms with Crippen LogP contribution < -0.4 is 15.2 Å². The Labute approximate surface area is 116 Å². The van der Waals surface area contributed by atoms with Crippen LogP contribution >= 0.6 is 11.5 Å². The fourth-order valence-corrected chi connectivity index (χ4v) is 2.24. The van der Waals surface area contributed by atoms with Gasteiger partial charge in [0, 0.05) is 18.0 Å². The Morgan fingerprint density at radius 2 is 2.11 bits per heavy atom. The summed E-state index contributed by atoms with van der Waals surface area (Å²) in [7, 11) is 1.64. The van der Waals surface area contributed by atoms with Crippen molar-refractivity contribution in [3.05, 3.63) is 29.6 Å². The minimum Gasteiger partial charge on any atom is -0.493 e. The summed E-state index contributed by atoms with van der Waals surface area (Å²) in [5, 5.41) is 0.513. The highest BCUT2D eigenvalue weighted by atomic mass is 32.1. The Kier molecular flexibility index (Phi) is 4.57. The van der Waals surface area contributed by atoms with Gasteiger partial charge in [-0.05, 0) is 31.0 Å². The molecule has 1 heterocycles. The third-order valence-electron chi connectivity index (χ3n) is 2.65. The van der Waals surface area contributed by atoms with Crippen LogP contribution in [-0.4, -0.2) is 23.1 Å². The number of aromatic nitrogens is 2. The predicted octanol–water partition coefficient (Wildman–Crippen LogP) is 2.31. The second kappa shape index (κ2) is 6.38. The first-order chi connectivity index (χ1) is 9.22. The topological polar surface area (TPSA) is 70.3 Å². The molecule has 0 amide bonds. The van der Waals surface area contributed by atoms with Crippen molar-refractivity contribution in [2.75, 3.05) is 19.5 Å². The van der Waals surface area contributed by atoms with Crippen LogP contribution in [-0.2, 0) is 12.8 Å². The minimum atomic E-state index is 0.513.